The fraction of sp³-hybridized carbons (Fsp3) is 0. The number of carboxylic acids is 1. The van der Waals surface area contributed by atoms with E-state index in [9.17, 15) is 9.90 Å². The van der Waals surface area contributed by atoms with E-state index in [0.717, 1.165) is 16.0 Å². The number of thiazole rings is 1. The molecule has 0 aliphatic carbocycles. The van der Waals surface area contributed by atoms with Crippen molar-refractivity contribution in [2.75, 3.05) is 0 Å². The van der Waals surface area contributed by atoms with Crippen LogP contribution in [0.15, 0.2) is 18.5 Å². The van der Waals surface area contributed by atoms with Crippen LogP contribution in [-0.2, 0) is 0 Å². The van der Waals surface area contributed by atoms with Crippen molar-refractivity contribution in [1.82, 2.24) is 9.97 Å². The third-order valence-corrected chi connectivity index (χ3v) is 2.35. The van der Waals surface area contributed by atoms with Gasteiger partial charge in [0.15, 0.2) is 0 Å². The molecule has 13 heavy (non-hydrogen) atoms. The number of nitrogens with zero attached hydrogens (tertiary/aromatic N) is 2. The molecule has 2 aromatic rings. The van der Waals surface area contributed by atoms with Crippen LogP contribution in [0.4, 0.5) is 0 Å². The van der Waals surface area contributed by atoms with Gasteiger partial charge < -0.3 is 9.90 Å². The minimum absolute atomic E-state index is 0. The van der Waals surface area contributed by atoms with Crippen molar-refractivity contribution >= 4 is 27.5 Å². The fourth-order valence-electron chi connectivity index (χ4n) is 0.867. The number of aromatic carboxylic acids is 1. The van der Waals surface area contributed by atoms with Gasteiger partial charge in [-0.3, -0.25) is 4.98 Å². The molecular formula is C7H3LiN2O2S. The molecule has 0 fully saturated rings. The summed E-state index contributed by atoms with van der Waals surface area (Å²) in [7, 11) is 0. The molecule has 2 rings (SSSR count). The zero-order chi connectivity index (χ0) is 8.55. The third-order valence-electron chi connectivity index (χ3n) is 1.37. The number of aromatic nitrogens is 2. The van der Waals surface area contributed by atoms with E-state index in [1.54, 1.807) is 18.5 Å². The van der Waals surface area contributed by atoms with Gasteiger partial charge in [0.05, 0.1) is 10.2 Å². The predicted octanol–water partition coefficient (Wildman–Crippen LogP) is -2.94. The second kappa shape index (κ2) is 3.88. The first kappa shape index (κ1) is 10.2. The summed E-state index contributed by atoms with van der Waals surface area (Å²) in [6, 6.07) is 1.66. The molecular weight excluding hydrogens is 183 g/mol. The number of fused-ring (bicyclic) bond motifs is 1. The van der Waals surface area contributed by atoms with Gasteiger partial charge in [0.2, 0.25) is 0 Å². The Morgan fingerprint density at radius 3 is 2.92 bits per heavy atom. The van der Waals surface area contributed by atoms with Crippen LogP contribution in [0.1, 0.15) is 9.80 Å². The fourth-order valence-corrected chi connectivity index (χ4v) is 1.63. The zero-order valence-corrected chi connectivity index (χ0v) is 7.67. The topological polar surface area (TPSA) is 65.9 Å². The first-order chi connectivity index (χ1) is 5.77. The molecule has 0 aliphatic rings. The van der Waals surface area contributed by atoms with Crippen molar-refractivity contribution in [3.63, 3.8) is 0 Å². The van der Waals surface area contributed by atoms with Crippen LogP contribution in [-0.4, -0.2) is 15.9 Å². The average molecular weight is 186 g/mol. The summed E-state index contributed by atoms with van der Waals surface area (Å²) in [5.41, 5.74) is 0.647. The largest absolute Gasteiger partial charge is 1.00 e. The molecule has 60 valence electrons. The van der Waals surface area contributed by atoms with E-state index in [1.165, 1.54) is 0 Å². The number of carbonyl (C=O) groups excluding carboxylic acids is 1. The van der Waals surface area contributed by atoms with Crippen molar-refractivity contribution in [3.8, 4) is 0 Å². The van der Waals surface area contributed by atoms with Crippen molar-refractivity contribution < 1.29 is 28.8 Å². The maximum absolute atomic E-state index is 10.4. The number of pyridine rings is 1. The van der Waals surface area contributed by atoms with E-state index in [4.69, 9.17) is 0 Å². The Labute approximate surface area is 89.8 Å². The second-order valence-corrected chi connectivity index (χ2v) is 3.18. The number of hydrogen-bond acceptors (Lipinski definition) is 5. The Balaban J connectivity index is 0.000000845. The summed E-state index contributed by atoms with van der Waals surface area (Å²) in [4.78, 5) is 18.1. The standard InChI is InChI=1S/C7H4N2O2S.Li/c10-7(11)6-9-4-1-2-8-3-5(4)12-6;/h1-3H,(H,10,11);/q;+1/p-1. The molecule has 0 unspecified atom stereocenters. The molecule has 2 heterocycles. The number of hydrogen-bond donors (Lipinski definition) is 0. The van der Waals surface area contributed by atoms with Crippen LogP contribution in [0.25, 0.3) is 10.2 Å². The number of rotatable bonds is 1. The van der Waals surface area contributed by atoms with Crippen LogP contribution < -0.4 is 24.0 Å². The van der Waals surface area contributed by atoms with Crippen LogP contribution in [0.2, 0.25) is 0 Å². The second-order valence-electron chi connectivity index (χ2n) is 2.15. The van der Waals surface area contributed by atoms with Crippen LogP contribution in [0.5, 0.6) is 0 Å². The van der Waals surface area contributed by atoms with Gasteiger partial charge in [-0.15, -0.1) is 11.3 Å². The smallest absolute Gasteiger partial charge is 0.542 e. The molecule has 0 saturated carbocycles. The average Bonchev–Trinajstić information content (AvgIpc) is 2.46. The summed E-state index contributed by atoms with van der Waals surface area (Å²) in [5.74, 6) is -1.24. The molecule has 0 atom stereocenters. The van der Waals surface area contributed by atoms with E-state index >= 15 is 0 Å². The zero-order valence-electron chi connectivity index (χ0n) is 6.85. The molecule has 0 radical (unpaired) electrons. The molecule has 4 nitrogen and oxygen atoms in total. The van der Waals surface area contributed by atoms with Gasteiger partial charge in [0.1, 0.15) is 11.0 Å². The number of carbonyl (C=O) groups is 1. The summed E-state index contributed by atoms with van der Waals surface area (Å²) in [6.07, 6.45) is 3.15. The summed E-state index contributed by atoms with van der Waals surface area (Å²) >= 11 is 1.07. The number of carboxylic acid groups (broad SMARTS) is 1. The van der Waals surface area contributed by atoms with E-state index in [0.29, 0.717) is 5.52 Å². The van der Waals surface area contributed by atoms with Crippen molar-refractivity contribution in [2.45, 2.75) is 0 Å². The van der Waals surface area contributed by atoms with Gasteiger partial charge in [-0.05, 0) is 6.07 Å². The normalized spacial score (nSPS) is 9.54. The Bertz CT molecular complexity index is 410. The minimum Gasteiger partial charge on any atom is -0.542 e. The predicted molar refractivity (Wildman–Crippen MR) is 41.7 cm³/mol. The molecule has 0 aliphatic heterocycles. The van der Waals surface area contributed by atoms with Gasteiger partial charge >= 0.3 is 18.9 Å². The van der Waals surface area contributed by atoms with Crippen molar-refractivity contribution in [3.05, 3.63) is 23.5 Å². The van der Waals surface area contributed by atoms with Gasteiger partial charge in [0.25, 0.3) is 0 Å². The Kier molecular flexibility index (Phi) is 3.04. The van der Waals surface area contributed by atoms with Gasteiger partial charge in [0, 0.05) is 12.4 Å². The first-order valence-electron chi connectivity index (χ1n) is 3.19. The SMILES string of the molecule is O=C([O-])c1nc2ccncc2s1.[Li+]. The molecule has 0 bridgehead atoms. The monoisotopic (exact) mass is 186 g/mol. The Hall–Kier alpha value is -0.893. The summed E-state index contributed by atoms with van der Waals surface area (Å²) < 4.78 is 0.761. The molecule has 6 heteroatoms. The maximum atomic E-state index is 10.4. The minimum atomic E-state index is -1.24. The molecule has 0 N–H and O–H groups in total. The van der Waals surface area contributed by atoms with E-state index < -0.39 is 5.97 Å². The quantitative estimate of drug-likeness (QED) is 0.447. The van der Waals surface area contributed by atoms with E-state index in [2.05, 4.69) is 9.97 Å². The third kappa shape index (κ3) is 1.89. The van der Waals surface area contributed by atoms with Gasteiger partial charge in [-0.2, -0.15) is 0 Å². The maximum Gasteiger partial charge on any atom is 1.00 e. The first-order valence-corrected chi connectivity index (χ1v) is 4.01. The summed E-state index contributed by atoms with van der Waals surface area (Å²) in [6.45, 7) is 0. The van der Waals surface area contributed by atoms with E-state index in [-0.39, 0.29) is 23.9 Å². The Morgan fingerprint density at radius 1 is 1.54 bits per heavy atom. The molecule has 0 spiro atoms. The molecule has 0 aromatic carbocycles. The molecule has 0 saturated heterocycles. The Morgan fingerprint density at radius 2 is 2.31 bits per heavy atom. The molecule has 2 aromatic heterocycles. The van der Waals surface area contributed by atoms with E-state index in [1.807, 2.05) is 0 Å². The van der Waals surface area contributed by atoms with Gasteiger partial charge in [-0.25, -0.2) is 4.98 Å². The van der Waals surface area contributed by atoms with Gasteiger partial charge in [-0.1, -0.05) is 0 Å². The van der Waals surface area contributed by atoms with Crippen LogP contribution in [0.3, 0.4) is 0 Å². The van der Waals surface area contributed by atoms with Crippen molar-refractivity contribution in [1.29, 1.82) is 0 Å². The molecule has 0 amide bonds. The van der Waals surface area contributed by atoms with Crippen LogP contribution >= 0.6 is 11.3 Å². The van der Waals surface area contributed by atoms with Crippen molar-refractivity contribution in [2.24, 2.45) is 0 Å². The summed E-state index contributed by atoms with van der Waals surface area (Å²) in [5, 5.41) is 10.4. The van der Waals surface area contributed by atoms with Crippen LogP contribution in [0, 0.1) is 0 Å².